The third-order valence-electron chi connectivity index (χ3n) is 17.3. The van der Waals surface area contributed by atoms with Gasteiger partial charge >= 0.3 is 0 Å². The molecule has 41 nitrogen and oxygen atoms in total. The molecule has 0 radical (unpaired) electrons. The zero-order chi connectivity index (χ0) is 65.7. The van der Waals surface area contributed by atoms with E-state index in [0.717, 1.165) is 0 Å². The van der Waals surface area contributed by atoms with Gasteiger partial charge in [0.1, 0.15) is 199 Å². The summed E-state index contributed by atoms with van der Waals surface area (Å²) in [5.74, 6) is -20.7. The number of aliphatic hydroxyl groups excluding tert-OH is 26. The van der Waals surface area contributed by atoms with Gasteiger partial charge in [0.05, 0.1) is 52.9 Å². The number of hydrogen-bond donors (Lipinski definition) is 26. The molecule has 8 aliphatic heterocycles. The number of rotatable bonds is 29. The van der Waals surface area contributed by atoms with Gasteiger partial charge in [0.2, 0.25) is 40.5 Å². The lowest BCUT2D eigenvalue weighted by atomic mass is 9.99. The molecule has 8 heterocycles. The number of aliphatic hydroxyl groups is 26. The molecule has 33 atom stereocenters. The second-order valence-electron chi connectivity index (χ2n) is 22.8. The van der Waals surface area contributed by atoms with Crippen molar-refractivity contribution in [3.8, 4) is 0 Å². The van der Waals surface area contributed by atoms with Crippen molar-refractivity contribution in [1.82, 2.24) is 0 Å². The van der Waals surface area contributed by atoms with Crippen molar-refractivity contribution in [2.45, 2.75) is 199 Å². The summed E-state index contributed by atoms with van der Waals surface area (Å²) in [5, 5.41) is 281. The quantitative estimate of drug-likeness (QED) is 0.0331. The highest BCUT2D eigenvalue weighted by Crippen LogP contribution is 2.46. The van der Waals surface area contributed by atoms with Crippen LogP contribution in [0.1, 0.15) is 0 Å². The number of ether oxygens (including phenoxy) is 15. The van der Waals surface area contributed by atoms with Crippen molar-refractivity contribution in [3.63, 3.8) is 0 Å². The second-order valence-corrected chi connectivity index (χ2v) is 22.8. The highest BCUT2D eigenvalue weighted by atomic mass is 16.9. The Bertz CT molecular complexity index is 2260. The predicted molar refractivity (Wildman–Crippen MR) is 265 cm³/mol. The molecule has 8 aliphatic rings. The SMILES string of the molecule is OC[C@@H]1O[C@@H](O[C@@]2(CO[C@@]3(CO[C@@]4(CO[C@@]5(CO[C@@]6(CO[C@@]7(CO[C@@]8(CO)O[C@@H](CO)[C@H](O)[C@@H]8O)O[C@@H](CO)[C@H](O)[C@@H]7O)O[C@@H](CO)[C@H](O)[C@@H]6O)O[C@@H](CO)[C@H](O)[C@@H]5O)O[C@@H](CO)[C@H](O)[C@@H]4O)O[C@@H](CO)[C@H](O)[C@@H]3O)O[C@@H](CO)[C@H](O)[C@@H]2O)[C@H](O)[C@@H](O)[C@H]1O. The Balaban J connectivity index is 1.11. The fraction of sp³-hybridized carbons (Fsp3) is 1.00. The van der Waals surface area contributed by atoms with Crippen LogP contribution in [-0.2, 0) is 71.1 Å². The lowest BCUT2D eigenvalue weighted by Crippen LogP contribution is -2.64. The molecule has 520 valence electrons. The fourth-order valence-corrected chi connectivity index (χ4v) is 11.7. The van der Waals surface area contributed by atoms with E-state index in [2.05, 4.69) is 0 Å². The van der Waals surface area contributed by atoms with E-state index in [1.807, 2.05) is 0 Å². The molecule has 8 saturated heterocycles. The molecular weight excluding hydrogens is 1230 g/mol. The maximum Gasteiger partial charge on any atom is 0.224 e. The Hall–Kier alpha value is -1.64. The van der Waals surface area contributed by atoms with Crippen LogP contribution in [0.5, 0.6) is 0 Å². The molecule has 0 unspecified atom stereocenters. The molecule has 8 rings (SSSR count). The summed E-state index contributed by atoms with van der Waals surface area (Å²) in [6, 6.07) is 0. The molecule has 8 fully saturated rings. The molecule has 0 saturated carbocycles. The van der Waals surface area contributed by atoms with E-state index >= 15 is 0 Å². The van der Waals surface area contributed by atoms with Gasteiger partial charge in [-0.05, 0) is 0 Å². The minimum Gasteiger partial charge on any atom is -0.394 e. The fourth-order valence-electron chi connectivity index (χ4n) is 11.7. The molecule has 41 heteroatoms. The lowest BCUT2D eigenvalue weighted by Gasteiger charge is -2.45. The Morgan fingerprint density at radius 3 is 0.663 bits per heavy atom. The van der Waals surface area contributed by atoms with Crippen LogP contribution in [0, 0.1) is 0 Å². The summed E-state index contributed by atoms with van der Waals surface area (Å²) in [6.07, 6.45) is -54.4. The van der Waals surface area contributed by atoms with Crippen molar-refractivity contribution in [2.24, 2.45) is 0 Å². The molecule has 89 heavy (non-hydrogen) atoms. The summed E-state index contributed by atoms with van der Waals surface area (Å²) >= 11 is 0. The summed E-state index contributed by atoms with van der Waals surface area (Å²) < 4.78 is 86.8. The molecule has 0 aliphatic carbocycles. The zero-order valence-electron chi connectivity index (χ0n) is 46.9. The van der Waals surface area contributed by atoms with E-state index in [9.17, 15) is 133 Å². The third kappa shape index (κ3) is 13.0. The van der Waals surface area contributed by atoms with Gasteiger partial charge in [-0.15, -0.1) is 0 Å². The average molecular weight is 1320 g/mol. The highest BCUT2D eigenvalue weighted by molar-refractivity contribution is 5.07. The molecule has 0 bridgehead atoms. The maximum absolute atomic E-state index is 11.8. The first-order valence-electron chi connectivity index (χ1n) is 27.9. The summed E-state index contributed by atoms with van der Waals surface area (Å²) in [4.78, 5) is 0. The molecule has 26 N–H and O–H groups in total. The summed E-state index contributed by atoms with van der Waals surface area (Å²) in [6.45, 7) is -18.4. The van der Waals surface area contributed by atoms with E-state index in [4.69, 9.17) is 71.1 Å². The van der Waals surface area contributed by atoms with E-state index in [1.54, 1.807) is 0 Å². The first-order chi connectivity index (χ1) is 42.0. The van der Waals surface area contributed by atoms with E-state index in [1.165, 1.54) is 0 Å². The number of hydrogen-bond acceptors (Lipinski definition) is 41. The monoisotopic (exact) mass is 1310 g/mol. The molecule has 0 spiro atoms. The van der Waals surface area contributed by atoms with Gasteiger partial charge in [-0.25, -0.2) is 0 Å². The van der Waals surface area contributed by atoms with Crippen molar-refractivity contribution in [1.29, 1.82) is 0 Å². The van der Waals surface area contributed by atoms with Gasteiger partial charge in [0, 0.05) is 0 Å². The first-order valence-corrected chi connectivity index (χ1v) is 27.9. The smallest absolute Gasteiger partial charge is 0.224 e. The third-order valence-corrected chi connectivity index (χ3v) is 17.3. The summed E-state index contributed by atoms with van der Waals surface area (Å²) in [7, 11) is 0. The Kier molecular flexibility index (Phi) is 23.5. The highest BCUT2D eigenvalue weighted by Gasteiger charge is 2.68. The van der Waals surface area contributed by atoms with Crippen LogP contribution in [0.4, 0.5) is 0 Å². The molecule has 0 aromatic rings. The van der Waals surface area contributed by atoms with Gasteiger partial charge in [-0.3, -0.25) is 0 Å². The molecule has 0 aromatic heterocycles. The van der Waals surface area contributed by atoms with Gasteiger partial charge in [-0.1, -0.05) is 0 Å². The van der Waals surface area contributed by atoms with Gasteiger partial charge < -0.3 is 204 Å². The van der Waals surface area contributed by atoms with E-state index < -0.39 is 299 Å². The molecule has 0 amide bonds. The largest absolute Gasteiger partial charge is 0.394 e. The van der Waals surface area contributed by atoms with E-state index in [-0.39, 0.29) is 0 Å². The normalized spacial score (nSPS) is 52.7. The zero-order valence-corrected chi connectivity index (χ0v) is 46.9. The van der Waals surface area contributed by atoms with Crippen LogP contribution in [0.2, 0.25) is 0 Å². The Morgan fingerprint density at radius 1 is 0.225 bits per heavy atom. The lowest BCUT2D eigenvalue weighted by molar-refractivity contribution is -0.407. The van der Waals surface area contributed by atoms with Crippen molar-refractivity contribution in [2.75, 3.05) is 99.1 Å². The molecule has 0 aromatic carbocycles. The van der Waals surface area contributed by atoms with Crippen molar-refractivity contribution in [3.05, 3.63) is 0 Å². The second kappa shape index (κ2) is 28.6. The van der Waals surface area contributed by atoms with Crippen LogP contribution >= 0.6 is 0 Å². The van der Waals surface area contributed by atoms with Crippen LogP contribution in [-0.4, -0.2) is 431 Å². The Morgan fingerprint density at radius 2 is 0.427 bits per heavy atom. The van der Waals surface area contributed by atoms with Crippen molar-refractivity contribution >= 4 is 0 Å². The van der Waals surface area contributed by atoms with Crippen LogP contribution in [0.25, 0.3) is 0 Å². The van der Waals surface area contributed by atoms with E-state index in [0.29, 0.717) is 0 Å². The summed E-state index contributed by atoms with van der Waals surface area (Å²) in [5.41, 5.74) is 0. The standard InChI is InChI=1S/C48H82O41/c49-1-16-24(58)32(66)33(67)41(81-16)89-48(40(74)31(65)23(8-56)88-48)15-80-47(39(73)30(64)22(7-55)87-47)14-79-46(38(72)29(63)21(6-54)86-46)13-78-45(37(71)28(62)20(5-53)85-45)12-77-44(36(70)27(61)19(4-52)84-44)11-76-43(35(69)26(60)18(3-51)83-43)10-75-42(9-57)34(68)25(59)17(2-50)82-42/h16-41,49-74H,1-15H2/t16-,17-,18-,19-,20-,21-,22-,23-,24-,25-,26-,27-,28-,29-,30-,31-,32-,33+,34-,35-,36-,37-,38-,39-,40-,41-,42-,43-,44-,45-,46-,47-,48+/m0/s1. The van der Waals surface area contributed by atoms with Crippen LogP contribution in [0.15, 0.2) is 0 Å². The van der Waals surface area contributed by atoms with Gasteiger partial charge in [0.15, 0.2) is 6.29 Å². The van der Waals surface area contributed by atoms with Crippen molar-refractivity contribution < 1.29 is 204 Å². The Labute approximate surface area is 501 Å². The minimum absolute atomic E-state index is 0.932. The maximum atomic E-state index is 11.8. The first kappa shape index (κ1) is 73.2. The van der Waals surface area contributed by atoms with Crippen LogP contribution in [0.3, 0.4) is 0 Å². The minimum atomic E-state index is -3.08. The van der Waals surface area contributed by atoms with Gasteiger partial charge in [-0.2, -0.15) is 0 Å². The average Bonchev–Trinajstić information content (AvgIpc) is 2.08. The molecular formula is C48H82O41. The van der Waals surface area contributed by atoms with Gasteiger partial charge in [0.25, 0.3) is 0 Å². The topological polar surface area (TPSA) is 664 Å². The predicted octanol–water partition coefficient (Wildman–Crippen LogP) is -18.4. The van der Waals surface area contributed by atoms with Crippen LogP contribution < -0.4 is 0 Å².